The SMILES string of the molecule is Nc1ncnc2sc3c(c12)C(CC(=O)O)CC3. The molecule has 2 aromatic rings. The summed E-state index contributed by atoms with van der Waals surface area (Å²) < 4.78 is 0. The molecule has 0 saturated heterocycles. The number of hydrogen-bond donors (Lipinski definition) is 2. The van der Waals surface area contributed by atoms with E-state index in [-0.39, 0.29) is 12.3 Å². The molecular weight excluding hydrogens is 238 g/mol. The summed E-state index contributed by atoms with van der Waals surface area (Å²) in [6, 6.07) is 0. The Bertz CT molecular complexity index is 608. The molecule has 0 aromatic carbocycles. The Morgan fingerprint density at radius 1 is 1.59 bits per heavy atom. The molecule has 5 nitrogen and oxygen atoms in total. The van der Waals surface area contributed by atoms with Crippen LogP contribution in [0.1, 0.15) is 29.2 Å². The molecule has 3 rings (SSSR count). The molecular formula is C11H11N3O2S. The molecule has 1 unspecified atom stereocenters. The van der Waals surface area contributed by atoms with E-state index in [9.17, 15) is 4.79 Å². The molecule has 0 aliphatic heterocycles. The molecule has 0 bridgehead atoms. The van der Waals surface area contributed by atoms with Gasteiger partial charge in [-0.15, -0.1) is 11.3 Å². The monoisotopic (exact) mass is 249 g/mol. The topological polar surface area (TPSA) is 89.1 Å². The number of carboxylic acid groups (broad SMARTS) is 1. The number of anilines is 1. The third-order valence-corrected chi connectivity index (χ3v) is 4.35. The van der Waals surface area contributed by atoms with Crippen LogP contribution in [-0.2, 0) is 11.2 Å². The molecule has 0 saturated carbocycles. The van der Waals surface area contributed by atoms with E-state index in [1.165, 1.54) is 11.2 Å². The van der Waals surface area contributed by atoms with Crippen LogP contribution < -0.4 is 5.73 Å². The van der Waals surface area contributed by atoms with Crippen LogP contribution in [0.4, 0.5) is 5.82 Å². The van der Waals surface area contributed by atoms with Crippen LogP contribution in [0.2, 0.25) is 0 Å². The van der Waals surface area contributed by atoms with Gasteiger partial charge in [-0.2, -0.15) is 0 Å². The van der Waals surface area contributed by atoms with Crippen molar-refractivity contribution in [1.82, 2.24) is 9.97 Å². The number of aryl methyl sites for hydroxylation is 1. The Balaban J connectivity index is 2.18. The van der Waals surface area contributed by atoms with E-state index in [2.05, 4.69) is 9.97 Å². The van der Waals surface area contributed by atoms with Gasteiger partial charge >= 0.3 is 5.97 Å². The zero-order valence-corrected chi connectivity index (χ0v) is 9.83. The van der Waals surface area contributed by atoms with E-state index in [1.807, 2.05) is 0 Å². The van der Waals surface area contributed by atoms with Crippen molar-refractivity contribution in [2.45, 2.75) is 25.2 Å². The predicted octanol–water partition coefficient (Wildman–Crippen LogP) is 1.78. The number of fused-ring (bicyclic) bond motifs is 3. The van der Waals surface area contributed by atoms with Gasteiger partial charge in [0.25, 0.3) is 0 Å². The molecule has 0 amide bonds. The third-order valence-electron chi connectivity index (χ3n) is 3.18. The molecule has 1 atom stereocenters. The summed E-state index contributed by atoms with van der Waals surface area (Å²) in [5, 5.41) is 9.79. The van der Waals surface area contributed by atoms with Gasteiger partial charge in [0.15, 0.2) is 0 Å². The number of carboxylic acids is 1. The van der Waals surface area contributed by atoms with Crippen LogP contribution in [0, 0.1) is 0 Å². The van der Waals surface area contributed by atoms with Gasteiger partial charge in [0.2, 0.25) is 0 Å². The molecule has 1 aliphatic rings. The predicted molar refractivity (Wildman–Crippen MR) is 65.1 cm³/mol. The summed E-state index contributed by atoms with van der Waals surface area (Å²) in [5.74, 6) is -0.244. The van der Waals surface area contributed by atoms with Crippen LogP contribution in [0.15, 0.2) is 6.33 Å². The molecule has 1 aliphatic carbocycles. The van der Waals surface area contributed by atoms with E-state index >= 15 is 0 Å². The summed E-state index contributed by atoms with van der Waals surface area (Å²) in [7, 11) is 0. The fraction of sp³-hybridized carbons (Fsp3) is 0.364. The van der Waals surface area contributed by atoms with Crippen molar-refractivity contribution >= 4 is 33.3 Å². The summed E-state index contributed by atoms with van der Waals surface area (Å²) in [6.45, 7) is 0. The van der Waals surface area contributed by atoms with Gasteiger partial charge in [-0.25, -0.2) is 9.97 Å². The Morgan fingerprint density at radius 2 is 2.41 bits per heavy atom. The van der Waals surface area contributed by atoms with Gasteiger partial charge in [0, 0.05) is 4.88 Å². The molecule has 17 heavy (non-hydrogen) atoms. The Labute approximate surface area is 101 Å². The number of thiophene rings is 1. The molecule has 88 valence electrons. The first kappa shape index (κ1) is 10.5. The van der Waals surface area contributed by atoms with Crippen LogP contribution in [0.5, 0.6) is 0 Å². The fourth-order valence-corrected chi connectivity index (χ4v) is 3.75. The standard InChI is InChI=1S/C11H11N3O2S/c12-10-9-8-5(3-7(15)16)1-2-6(8)17-11(9)14-4-13-10/h4-5H,1-3H2,(H,15,16)(H2,12,13,14). The Hall–Kier alpha value is -1.69. The van der Waals surface area contributed by atoms with Crippen molar-refractivity contribution in [1.29, 1.82) is 0 Å². The average molecular weight is 249 g/mol. The van der Waals surface area contributed by atoms with Gasteiger partial charge in [0.05, 0.1) is 11.8 Å². The van der Waals surface area contributed by atoms with Crippen molar-refractivity contribution in [3.8, 4) is 0 Å². The zero-order chi connectivity index (χ0) is 12.0. The lowest BCUT2D eigenvalue weighted by Gasteiger charge is -2.08. The van der Waals surface area contributed by atoms with Crippen molar-refractivity contribution < 1.29 is 9.90 Å². The number of nitrogens with two attached hydrogens (primary N) is 1. The summed E-state index contributed by atoms with van der Waals surface area (Å²) in [6.07, 6.45) is 3.42. The number of rotatable bonds is 2. The number of aliphatic carboxylic acids is 1. The Kier molecular flexibility index (Phi) is 2.25. The summed E-state index contributed by atoms with van der Waals surface area (Å²) >= 11 is 1.61. The number of hydrogen-bond acceptors (Lipinski definition) is 5. The van der Waals surface area contributed by atoms with Crippen LogP contribution in [-0.4, -0.2) is 21.0 Å². The lowest BCUT2D eigenvalue weighted by Crippen LogP contribution is -2.04. The lowest BCUT2D eigenvalue weighted by molar-refractivity contribution is -0.137. The van der Waals surface area contributed by atoms with E-state index in [0.29, 0.717) is 5.82 Å². The van der Waals surface area contributed by atoms with Crippen molar-refractivity contribution in [3.63, 3.8) is 0 Å². The Morgan fingerprint density at radius 3 is 3.18 bits per heavy atom. The molecule has 0 fully saturated rings. The van der Waals surface area contributed by atoms with E-state index in [0.717, 1.165) is 28.6 Å². The maximum atomic E-state index is 10.8. The second-order valence-corrected chi connectivity index (χ2v) is 5.30. The minimum absolute atomic E-state index is 0.0598. The van der Waals surface area contributed by atoms with Crippen molar-refractivity contribution in [2.75, 3.05) is 5.73 Å². The number of carbonyl (C=O) groups is 1. The molecule has 6 heteroatoms. The smallest absolute Gasteiger partial charge is 0.303 e. The molecule has 2 heterocycles. The second-order valence-electron chi connectivity index (χ2n) is 4.21. The highest BCUT2D eigenvalue weighted by atomic mass is 32.1. The first-order valence-corrected chi connectivity index (χ1v) is 6.22. The van der Waals surface area contributed by atoms with Crippen LogP contribution in [0.25, 0.3) is 10.2 Å². The van der Waals surface area contributed by atoms with Crippen molar-refractivity contribution in [3.05, 3.63) is 16.8 Å². The minimum Gasteiger partial charge on any atom is -0.481 e. The molecule has 3 N–H and O–H groups in total. The summed E-state index contributed by atoms with van der Waals surface area (Å²) in [5.41, 5.74) is 6.95. The fourth-order valence-electron chi connectivity index (χ4n) is 2.51. The zero-order valence-electron chi connectivity index (χ0n) is 9.01. The van der Waals surface area contributed by atoms with E-state index in [4.69, 9.17) is 10.8 Å². The highest BCUT2D eigenvalue weighted by Crippen LogP contribution is 2.45. The van der Waals surface area contributed by atoms with Gasteiger partial charge in [0.1, 0.15) is 17.0 Å². The maximum Gasteiger partial charge on any atom is 0.303 e. The second kappa shape index (κ2) is 3.66. The largest absolute Gasteiger partial charge is 0.481 e. The highest BCUT2D eigenvalue weighted by Gasteiger charge is 2.30. The van der Waals surface area contributed by atoms with Crippen LogP contribution >= 0.6 is 11.3 Å². The molecule has 0 radical (unpaired) electrons. The van der Waals surface area contributed by atoms with E-state index < -0.39 is 5.97 Å². The maximum absolute atomic E-state index is 10.8. The highest BCUT2D eigenvalue weighted by molar-refractivity contribution is 7.19. The summed E-state index contributed by atoms with van der Waals surface area (Å²) in [4.78, 5) is 21.1. The van der Waals surface area contributed by atoms with Gasteiger partial charge in [-0.1, -0.05) is 0 Å². The van der Waals surface area contributed by atoms with E-state index in [1.54, 1.807) is 11.3 Å². The van der Waals surface area contributed by atoms with Gasteiger partial charge in [-0.3, -0.25) is 4.79 Å². The molecule has 0 spiro atoms. The van der Waals surface area contributed by atoms with Crippen LogP contribution in [0.3, 0.4) is 0 Å². The third kappa shape index (κ3) is 1.56. The first-order chi connectivity index (χ1) is 8.16. The first-order valence-electron chi connectivity index (χ1n) is 5.40. The number of nitrogen functional groups attached to an aromatic ring is 1. The minimum atomic E-state index is -0.766. The number of aromatic nitrogens is 2. The number of nitrogens with zero attached hydrogens (tertiary/aromatic N) is 2. The average Bonchev–Trinajstić information content (AvgIpc) is 2.78. The normalized spacial score (nSPS) is 18.5. The quantitative estimate of drug-likeness (QED) is 0.846. The molecule has 2 aromatic heterocycles. The lowest BCUT2D eigenvalue weighted by atomic mass is 9.97. The van der Waals surface area contributed by atoms with Gasteiger partial charge in [-0.05, 0) is 24.3 Å². The van der Waals surface area contributed by atoms with Gasteiger partial charge < -0.3 is 10.8 Å². The van der Waals surface area contributed by atoms with Crippen molar-refractivity contribution in [2.24, 2.45) is 0 Å².